The lowest BCUT2D eigenvalue weighted by Gasteiger charge is -2.15. The van der Waals surface area contributed by atoms with Gasteiger partial charge in [0.25, 0.3) is 0 Å². The zero-order chi connectivity index (χ0) is 8.97. The summed E-state index contributed by atoms with van der Waals surface area (Å²) in [5.41, 5.74) is 4.46. The summed E-state index contributed by atoms with van der Waals surface area (Å²) >= 11 is 0. The van der Waals surface area contributed by atoms with Crippen molar-refractivity contribution < 1.29 is 0 Å². The molecule has 0 bridgehead atoms. The SMILES string of the molecule is CC.CC1=C2N=CC=CN2NC1. The second-order valence-corrected chi connectivity index (χ2v) is 2.43. The van der Waals surface area contributed by atoms with Gasteiger partial charge in [0.15, 0.2) is 0 Å². The number of allylic oxidation sites excluding steroid dienone is 1. The number of aliphatic imine (C=N–C) groups is 1. The largest absolute Gasteiger partial charge is 0.267 e. The van der Waals surface area contributed by atoms with Crippen LogP contribution in [-0.2, 0) is 0 Å². The Balaban J connectivity index is 0.000000336. The Morgan fingerprint density at radius 3 is 2.92 bits per heavy atom. The highest BCUT2D eigenvalue weighted by molar-refractivity contribution is 5.73. The van der Waals surface area contributed by atoms with Gasteiger partial charge in [-0.25, -0.2) is 10.4 Å². The molecule has 0 radical (unpaired) electrons. The highest BCUT2D eigenvalue weighted by Crippen LogP contribution is 2.17. The molecule has 2 aliphatic heterocycles. The highest BCUT2D eigenvalue weighted by Gasteiger charge is 2.16. The van der Waals surface area contributed by atoms with Gasteiger partial charge >= 0.3 is 0 Å². The topological polar surface area (TPSA) is 27.6 Å². The first-order valence-electron chi connectivity index (χ1n) is 4.31. The van der Waals surface area contributed by atoms with Crippen LogP contribution in [0.2, 0.25) is 0 Å². The molecule has 2 aliphatic rings. The number of hydrazine groups is 1. The molecule has 2 rings (SSSR count). The summed E-state index contributed by atoms with van der Waals surface area (Å²) in [5, 5.41) is 1.94. The van der Waals surface area contributed by atoms with Gasteiger partial charge in [-0.3, -0.25) is 5.01 Å². The third-order valence-electron chi connectivity index (χ3n) is 1.64. The van der Waals surface area contributed by atoms with E-state index in [1.807, 2.05) is 37.3 Å². The average Bonchev–Trinajstić information content (AvgIpc) is 2.53. The van der Waals surface area contributed by atoms with E-state index in [9.17, 15) is 0 Å². The summed E-state index contributed by atoms with van der Waals surface area (Å²) in [6.45, 7) is 7.00. The lowest BCUT2D eigenvalue weighted by Crippen LogP contribution is -2.26. The molecule has 0 saturated carbocycles. The van der Waals surface area contributed by atoms with Crippen LogP contribution in [0.25, 0.3) is 0 Å². The van der Waals surface area contributed by atoms with Gasteiger partial charge in [-0.1, -0.05) is 13.8 Å². The van der Waals surface area contributed by atoms with Crippen LogP contribution in [0.1, 0.15) is 20.8 Å². The fraction of sp³-hybridized carbons (Fsp3) is 0.444. The second-order valence-electron chi connectivity index (χ2n) is 2.43. The van der Waals surface area contributed by atoms with Gasteiger partial charge in [0.1, 0.15) is 5.82 Å². The molecular formula is C9H15N3. The summed E-state index contributed by atoms with van der Waals surface area (Å²) < 4.78 is 0. The Kier molecular flexibility index (Phi) is 3.05. The van der Waals surface area contributed by atoms with Crippen LogP contribution in [0.5, 0.6) is 0 Å². The van der Waals surface area contributed by atoms with Gasteiger partial charge in [0.2, 0.25) is 0 Å². The summed E-state index contributed by atoms with van der Waals surface area (Å²) in [6, 6.07) is 0. The van der Waals surface area contributed by atoms with Crippen molar-refractivity contribution in [2.75, 3.05) is 6.54 Å². The van der Waals surface area contributed by atoms with Crippen molar-refractivity contribution in [2.45, 2.75) is 20.8 Å². The molecule has 0 aromatic heterocycles. The predicted octanol–water partition coefficient (Wildman–Crippen LogP) is 1.66. The van der Waals surface area contributed by atoms with E-state index >= 15 is 0 Å². The lowest BCUT2D eigenvalue weighted by molar-refractivity contribution is 0.383. The molecule has 0 unspecified atom stereocenters. The van der Waals surface area contributed by atoms with Crippen molar-refractivity contribution in [1.82, 2.24) is 10.4 Å². The number of hydrogen-bond donors (Lipinski definition) is 1. The van der Waals surface area contributed by atoms with Gasteiger partial charge in [0, 0.05) is 19.0 Å². The molecule has 0 amide bonds. The van der Waals surface area contributed by atoms with Crippen molar-refractivity contribution in [3.8, 4) is 0 Å². The van der Waals surface area contributed by atoms with Gasteiger partial charge in [-0.05, 0) is 18.6 Å². The van der Waals surface area contributed by atoms with E-state index in [1.165, 1.54) is 5.57 Å². The molecule has 0 aromatic carbocycles. The van der Waals surface area contributed by atoms with Gasteiger partial charge in [-0.15, -0.1) is 0 Å². The van der Waals surface area contributed by atoms with E-state index in [-0.39, 0.29) is 0 Å². The zero-order valence-electron chi connectivity index (χ0n) is 7.83. The monoisotopic (exact) mass is 165 g/mol. The van der Waals surface area contributed by atoms with E-state index in [4.69, 9.17) is 0 Å². The first-order chi connectivity index (χ1) is 5.88. The third kappa shape index (κ3) is 1.56. The molecule has 3 nitrogen and oxygen atoms in total. The maximum absolute atomic E-state index is 4.20. The summed E-state index contributed by atoms with van der Waals surface area (Å²) in [4.78, 5) is 4.20. The Morgan fingerprint density at radius 2 is 2.25 bits per heavy atom. The maximum Gasteiger partial charge on any atom is 0.147 e. The van der Waals surface area contributed by atoms with E-state index < -0.39 is 0 Å². The van der Waals surface area contributed by atoms with Crippen LogP contribution in [0.15, 0.2) is 28.7 Å². The van der Waals surface area contributed by atoms with E-state index in [0.717, 1.165) is 12.4 Å². The van der Waals surface area contributed by atoms with Crippen molar-refractivity contribution >= 4 is 6.21 Å². The molecule has 66 valence electrons. The maximum atomic E-state index is 4.20. The fourth-order valence-corrected chi connectivity index (χ4v) is 1.10. The summed E-state index contributed by atoms with van der Waals surface area (Å²) in [6.07, 6.45) is 5.69. The minimum atomic E-state index is 0.914. The number of fused-ring (bicyclic) bond motifs is 1. The standard InChI is InChI=1S/C7H9N3.C2H6/c1-6-5-9-10-4-2-3-8-7(6)10;1-2/h2-4,9H,5H2,1H3;1-2H3. The molecule has 0 aromatic rings. The first-order valence-corrected chi connectivity index (χ1v) is 4.31. The Hall–Kier alpha value is -1.09. The molecule has 2 heterocycles. The summed E-state index contributed by atoms with van der Waals surface area (Å²) in [5.74, 6) is 1.04. The van der Waals surface area contributed by atoms with E-state index in [0.29, 0.717) is 0 Å². The average molecular weight is 165 g/mol. The quantitative estimate of drug-likeness (QED) is 0.591. The molecule has 0 fully saturated rings. The predicted molar refractivity (Wildman–Crippen MR) is 51.5 cm³/mol. The van der Waals surface area contributed by atoms with Crippen molar-refractivity contribution in [2.24, 2.45) is 4.99 Å². The van der Waals surface area contributed by atoms with Crippen LogP contribution < -0.4 is 5.43 Å². The molecule has 0 atom stereocenters. The number of nitrogens with one attached hydrogen (secondary N) is 1. The van der Waals surface area contributed by atoms with Crippen LogP contribution in [0, 0.1) is 0 Å². The van der Waals surface area contributed by atoms with Crippen LogP contribution in [-0.4, -0.2) is 17.8 Å². The van der Waals surface area contributed by atoms with Gasteiger partial charge < -0.3 is 0 Å². The highest BCUT2D eigenvalue weighted by atomic mass is 15.5. The van der Waals surface area contributed by atoms with Crippen molar-refractivity contribution in [3.05, 3.63) is 23.7 Å². The lowest BCUT2D eigenvalue weighted by atomic mass is 10.3. The minimum absolute atomic E-state index is 0.914. The second kappa shape index (κ2) is 4.07. The zero-order valence-corrected chi connectivity index (χ0v) is 7.83. The van der Waals surface area contributed by atoms with E-state index in [1.54, 1.807) is 0 Å². The minimum Gasteiger partial charge on any atom is -0.267 e. The Labute approximate surface area is 73.4 Å². The Morgan fingerprint density at radius 1 is 1.50 bits per heavy atom. The van der Waals surface area contributed by atoms with Gasteiger partial charge in [-0.2, -0.15) is 0 Å². The van der Waals surface area contributed by atoms with Crippen LogP contribution >= 0.6 is 0 Å². The van der Waals surface area contributed by atoms with Crippen LogP contribution in [0.4, 0.5) is 0 Å². The van der Waals surface area contributed by atoms with Crippen LogP contribution in [0.3, 0.4) is 0 Å². The first kappa shape index (κ1) is 9.00. The number of rotatable bonds is 0. The molecule has 1 N–H and O–H groups in total. The van der Waals surface area contributed by atoms with Crippen molar-refractivity contribution in [1.29, 1.82) is 0 Å². The molecule has 0 saturated heterocycles. The summed E-state index contributed by atoms with van der Waals surface area (Å²) in [7, 11) is 0. The smallest absolute Gasteiger partial charge is 0.147 e. The molecule has 12 heavy (non-hydrogen) atoms. The molecule has 0 aliphatic carbocycles. The number of nitrogens with zero attached hydrogens (tertiary/aromatic N) is 2. The van der Waals surface area contributed by atoms with Crippen molar-refractivity contribution in [3.63, 3.8) is 0 Å². The fourth-order valence-electron chi connectivity index (χ4n) is 1.10. The normalized spacial score (nSPS) is 19.1. The van der Waals surface area contributed by atoms with Gasteiger partial charge in [0.05, 0.1) is 0 Å². The van der Waals surface area contributed by atoms with E-state index in [2.05, 4.69) is 17.3 Å². The Bertz CT molecular complexity index is 238. The molecule has 0 spiro atoms. The number of hydrogen-bond acceptors (Lipinski definition) is 3. The molecule has 3 heteroatoms. The third-order valence-corrected chi connectivity index (χ3v) is 1.64. The molecular weight excluding hydrogens is 150 g/mol.